The number of urea groups is 1. The number of esters is 1. The molecule has 0 bridgehead atoms. The van der Waals surface area contributed by atoms with Gasteiger partial charge in [-0.05, 0) is 43.7 Å². The van der Waals surface area contributed by atoms with Crippen LogP contribution in [0, 0.1) is 25.7 Å². The molecule has 1 fully saturated rings. The van der Waals surface area contributed by atoms with Crippen molar-refractivity contribution in [1.29, 1.82) is 0 Å². The van der Waals surface area contributed by atoms with Gasteiger partial charge in [-0.2, -0.15) is 0 Å². The van der Waals surface area contributed by atoms with E-state index in [0.29, 0.717) is 18.3 Å². The molecule has 2 unspecified atom stereocenters. The largest absolute Gasteiger partial charge is 0.464 e. The number of carbonyl (C=O) groups excluding carboxylic acids is 2. The van der Waals surface area contributed by atoms with Crippen molar-refractivity contribution in [3.8, 4) is 0 Å². The van der Waals surface area contributed by atoms with Crippen molar-refractivity contribution in [2.75, 3.05) is 17.7 Å². The number of thioether (sulfide) groups is 1. The molecule has 1 saturated heterocycles. The summed E-state index contributed by atoms with van der Waals surface area (Å²) < 4.78 is 5.44. The lowest BCUT2D eigenvalue weighted by atomic mass is 10.1. The van der Waals surface area contributed by atoms with Crippen molar-refractivity contribution in [3.05, 3.63) is 29.3 Å². The summed E-state index contributed by atoms with van der Waals surface area (Å²) in [4.78, 5) is 27.4. The summed E-state index contributed by atoms with van der Waals surface area (Å²) in [6.07, 6.45) is 0.846. The standard InChI is InChI=1S/C21H32N2O3S/c1-13(2)9-19-23(18(12-27-19)20(24)26-11-14(3)4)21(25)22-17-8-7-15(5)10-16(17)6/h7-8,10,13-14,18-19H,9,11-12H2,1-6H3,(H,22,25). The van der Waals surface area contributed by atoms with E-state index < -0.39 is 6.04 Å². The van der Waals surface area contributed by atoms with Crippen molar-refractivity contribution in [2.24, 2.45) is 11.8 Å². The third-order valence-electron chi connectivity index (χ3n) is 4.45. The van der Waals surface area contributed by atoms with Gasteiger partial charge in [0.15, 0.2) is 0 Å². The van der Waals surface area contributed by atoms with Crippen molar-refractivity contribution >= 4 is 29.4 Å². The van der Waals surface area contributed by atoms with Crippen LogP contribution in [-0.4, -0.2) is 40.7 Å². The molecule has 0 spiro atoms. The van der Waals surface area contributed by atoms with Gasteiger partial charge in [-0.25, -0.2) is 9.59 Å². The van der Waals surface area contributed by atoms with Crippen molar-refractivity contribution < 1.29 is 14.3 Å². The molecular formula is C21H32N2O3S. The predicted octanol–water partition coefficient (Wildman–Crippen LogP) is 4.82. The van der Waals surface area contributed by atoms with Crippen LogP contribution >= 0.6 is 11.8 Å². The van der Waals surface area contributed by atoms with E-state index in [0.717, 1.165) is 23.2 Å². The van der Waals surface area contributed by atoms with Crippen LogP contribution in [0.1, 0.15) is 45.2 Å². The lowest BCUT2D eigenvalue weighted by Crippen LogP contribution is -2.48. The third-order valence-corrected chi connectivity index (χ3v) is 5.77. The van der Waals surface area contributed by atoms with Crippen LogP contribution in [-0.2, 0) is 9.53 Å². The van der Waals surface area contributed by atoms with Crippen molar-refractivity contribution in [1.82, 2.24) is 4.90 Å². The zero-order valence-corrected chi connectivity index (χ0v) is 18.1. The second-order valence-electron chi connectivity index (χ2n) is 8.11. The van der Waals surface area contributed by atoms with Crippen LogP contribution in [0.4, 0.5) is 10.5 Å². The fourth-order valence-electron chi connectivity index (χ4n) is 3.08. The number of amides is 2. The number of hydrogen-bond acceptors (Lipinski definition) is 4. The Morgan fingerprint density at radius 2 is 1.93 bits per heavy atom. The first-order valence-corrected chi connectivity index (χ1v) is 10.7. The van der Waals surface area contributed by atoms with Gasteiger partial charge in [0, 0.05) is 11.4 Å². The van der Waals surface area contributed by atoms with Gasteiger partial charge in [-0.3, -0.25) is 4.90 Å². The molecule has 2 amide bonds. The number of carbonyl (C=O) groups is 2. The number of rotatable bonds is 6. The Hall–Kier alpha value is -1.69. The number of ether oxygens (including phenoxy) is 1. The second-order valence-corrected chi connectivity index (χ2v) is 9.32. The fourth-order valence-corrected chi connectivity index (χ4v) is 4.71. The predicted molar refractivity (Wildman–Crippen MR) is 112 cm³/mol. The third kappa shape index (κ3) is 5.89. The first-order valence-electron chi connectivity index (χ1n) is 9.63. The smallest absolute Gasteiger partial charge is 0.329 e. The van der Waals surface area contributed by atoms with Gasteiger partial charge in [-0.1, -0.05) is 45.4 Å². The number of aryl methyl sites for hydroxylation is 2. The molecule has 1 heterocycles. The van der Waals surface area contributed by atoms with Gasteiger partial charge in [0.25, 0.3) is 0 Å². The van der Waals surface area contributed by atoms with Crippen LogP contribution < -0.4 is 5.32 Å². The van der Waals surface area contributed by atoms with Crippen molar-refractivity contribution in [3.63, 3.8) is 0 Å². The molecule has 1 aliphatic rings. The Labute approximate surface area is 167 Å². The summed E-state index contributed by atoms with van der Waals surface area (Å²) >= 11 is 1.66. The molecule has 150 valence electrons. The Kier molecular flexibility index (Phi) is 7.59. The molecule has 0 radical (unpaired) electrons. The molecule has 0 saturated carbocycles. The van der Waals surface area contributed by atoms with E-state index in [1.54, 1.807) is 16.7 Å². The van der Waals surface area contributed by atoms with E-state index >= 15 is 0 Å². The second kappa shape index (κ2) is 9.49. The SMILES string of the molecule is Cc1ccc(NC(=O)N2C(CC(C)C)SCC2C(=O)OCC(C)C)c(C)c1. The molecule has 2 rings (SSSR count). The van der Waals surface area contributed by atoms with Crippen LogP contribution in [0.2, 0.25) is 0 Å². The van der Waals surface area contributed by atoms with Gasteiger partial charge < -0.3 is 10.1 Å². The lowest BCUT2D eigenvalue weighted by Gasteiger charge is -2.29. The van der Waals surface area contributed by atoms with E-state index in [9.17, 15) is 9.59 Å². The minimum absolute atomic E-state index is 0.0210. The van der Waals surface area contributed by atoms with E-state index in [1.165, 1.54) is 0 Å². The molecule has 5 nitrogen and oxygen atoms in total. The monoisotopic (exact) mass is 392 g/mol. The molecule has 1 aromatic rings. The molecule has 1 aromatic carbocycles. The highest BCUT2D eigenvalue weighted by molar-refractivity contribution is 8.00. The molecule has 2 atom stereocenters. The molecular weight excluding hydrogens is 360 g/mol. The number of hydrogen-bond donors (Lipinski definition) is 1. The zero-order valence-electron chi connectivity index (χ0n) is 17.2. The summed E-state index contributed by atoms with van der Waals surface area (Å²) in [5, 5.41) is 2.98. The van der Waals surface area contributed by atoms with Gasteiger partial charge in [0.1, 0.15) is 6.04 Å². The Balaban J connectivity index is 2.18. The quantitative estimate of drug-likeness (QED) is 0.705. The Morgan fingerprint density at radius 3 is 2.52 bits per heavy atom. The van der Waals surface area contributed by atoms with Gasteiger partial charge in [0.05, 0.1) is 12.0 Å². The number of nitrogens with zero attached hydrogens (tertiary/aromatic N) is 1. The molecule has 0 aromatic heterocycles. The van der Waals surface area contributed by atoms with Gasteiger partial charge in [0.2, 0.25) is 0 Å². The van der Waals surface area contributed by atoms with Crippen LogP contribution in [0.3, 0.4) is 0 Å². The number of anilines is 1. The van der Waals surface area contributed by atoms with Gasteiger partial charge >= 0.3 is 12.0 Å². The Morgan fingerprint density at radius 1 is 1.22 bits per heavy atom. The first kappa shape index (κ1) is 21.6. The summed E-state index contributed by atoms with van der Waals surface area (Å²) in [5.41, 5.74) is 2.93. The number of nitrogens with one attached hydrogen (secondary N) is 1. The molecule has 1 N–H and O–H groups in total. The molecule has 0 aliphatic carbocycles. The topological polar surface area (TPSA) is 58.6 Å². The average molecular weight is 393 g/mol. The van der Waals surface area contributed by atoms with E-state index in [2.05, 4.69) is 19.2 Å². The van der Waals surface area contributed by atoms with E-state index in [-0.39, 0.29) is 23.3 Å². The Bertz CT molecular complexity index is 675. The average Bonchev–Trinajstić information content (AvgIpc) is 2.98. The fraction of sp³-hybridized carbons (Fsp3) is 0.619. The highest BCUT2D eigenvalue weighted by atomic mass is 32.2. The van der Waals surface area contributed by atoms with Crippen molar-refractivity contribution in [2.45, 2.75) is 59.4 Å². The molecule has 1 aliphatic heterocycles. The molecule has 27 heavy (non-hydrogen) atoms. The lowest BCUT2D eigenvalue weighted by molar-refractivity contribution is -0.149. The van der Waals surface area contributed by atoms with Crippen LogP contribution in [0.25, 0.3) is 0 Å². The van der Waals surface area contributed by atoms with Crippen LogP contribution in [0.5, 0.6) is 0 Å². The highest BCUT2D eigenvalue weighted by Gasteiger charge is 2.42. The summed E-state index contributed by atoms with van der Waals surface area (Å²) in [6, 6.07) is 5.15. The van der Waals surface area contributed by atoms with E-state index in [4.69, 9.17) is 4.74 Å². The minimum Gasteiger partial charge on any atom is -0.464 e. The molecule has 6 heteroatoms. The van der Waals surface area contributed by atoms with E-state index in [1.807, 2.05) is 45.9 Å². The first-order chi connectivity index (χ1) is 12.7. The highest BCUT2D eigenvalue weighted by Crippen LogP contribution is 2.34. The van der Waals surface area contributed by atoms with Crippen LogP contribution in [0.15, 0.2) is 18.2 Å². The summed E-state index contributed by atoms with van der Waals surface area (Å²) in [5.74, 6) is 0.976. The number of benzene rings is 1. The van der Waals surface area contributed by atoms with Gasteiger partial charge in [-0.15, -0.1) is 11.8 Å². The zero-order chi connectivity index (χ0) is 20.1. The maximum Gasteiger partial charge on any atom is 0.329 e. The maximum atomic E-state index is 13.1. The maximum absolute atomic E-state index is 13.1. The normalized spacial score (nSPS) is 19.6. The summed E-state index contributed by atoms with van der Waals surface area (Å²) in [7, 11) is 0. The minimum atomic E-state index is -0.539. The summed E-state index contributed by atoms with van der Waals surface area (Å²) in [6.45, 7) is 12.6.